The van der Waals surface area contributed by atoms with E-state index < -0.39 is 5.41 Å². The average Bonchev–Trinajstić information content (AvgIpc) is 3.55. The lowest BCUT2D eigenvalue weighted by molar-refractivity contribution is -0.120. The maximum atomic E-state index is 13.5. The molecular weight excluding hydrogens is 432 g/mol. The van der Waals surface area contributed by atoms with Crippen molar-refractivity contribution >= 4 is 5.78 Å². The second-order valence-corrected chi connectivity index (χ2v) is 8.81. The Morgan fingerprint density at radius 3 is 2.24 bits per heavy atom. The summed E-state index contributed by atoms with van der Waals surface area (Å²) in [6.45, 7) is 2.28. The van der Waals surface area contributed by atoms with E-state index in [9.17, 15) is 4.79 Å². The summed E-state index contributed by atoms with van der Waals surface area (Å²) in [6.07, 6.45) is 2.07. The highest BCUT2D eigenvalue weighted by Crippen LogP contribution is 2.51. The Balaban J connectivity index is 1.45. The van der Waals surface area contributed by atoms with Crippen LogP contribution in [0.3, 0.4) is 0 Å². The van der Waals surface area contributed by atoms with Crippen LogP contribution in [0, 0.1) is 6.92 Å². The summed E-state index contributed by atoms with van der Waals surface area (Å²) in [5, 5.41) is 0. The molecule has 1 heterocycles. The van der Waals surface area contributed by atoms with Crippen molar-refractivity contribution in [2.24, 2.45) is 0 Å². The molecule has 0 atom stereocenters. The molecule has 0 N–H and O–H groups in total. The van der Waals surface area contributed by atoms with Crippen molar-refractivity contribution in [3.63, 3.8) is 0 Å². The normalized spacial score (nSPS) is 15.1. The zero-order valence-corrected chi connectivity index (χ0v) is 19.9. The topological polar surface area (TPSA) is 63.2 Å². The molecule has 0 radical (unpaired) electrons. The third-order valence-electron chi connectivity index (χ3n) is 6.87. The number of methoxy groups -OCH3 is 3. The minimum Gasteiger partial charge on any atom is -0.496 e. The highest BCUT2D eigenvalue weighted by Gasteiger charge is 2.50. The summed E-state index contributed by atoms with van der Waals surface area (Å²) < 4.78 is 27.5. The molecule has 3 aromatic carbocycles. The maximum absolute atomic E-state index is 13.5. The Bertz CT molecular complexity index is 1260. The van der Waals surface area contributed by atoms with Crippen molar-refractivity contribution in [3.05, 3.63) is 65.2 Å². The van der Waals surface area contributed by atoms with Crippen LogP contribution in [-0.2, 0) is 16.6 Å². The van der Waals surface area contributed by atoms with E-state index in [1.54, 1.807) is 21.3 Å². The van der Waals surface area contributed by atoms with Crippen LogP contribution in [0.25, 0.3) is 11.1 Å². The van der Waals surface area contributed by atoms with Crippen molar-refractivity contribution in [3.8, 4) is 39.9 Å². The Labute approximate surface area is 199 Å². The smallest absolute Gasteiger partial charge is 0.231 e. The van der Waals surface area contributed by atoms with Gasteiger partial charge in [-0.05, 0) is 60.2 Å². The Hall–Kier alpha value is -3.67. The molecule has 0 amide bonds. The first kappa shape index (κ1) is 22.1. The lowest BCUT2D eigenvalue weighted by Crippen LogP contribution is -2.22. The van der Waals surface area contributed by atoms with Crippen LogP contribution in [0.15, 0.2) is 48.5 Å². The van der Waals surface area contributed by atoms with Crippen LogP contribution in [0.2, 0.25) is 0 Å². The van der Waals surface area contributed by atoms with E-state index in [4.69, 9.17) is 23.7 Å². The first-order chi connectivity index (χ1) is 16.5. The fraction of sp³-hybridized carbons (Fsp3) is 0.321. The number of hydrogen-bond donors (Lipinski definition) is 0. The number of ketones is 1. The molecule has 1 aliphatic carbocycles. The van der Waals surface area contributed by atoms with Crippen molar-refractivity contribution in [2.45, 2.75) is 31.6 Å². The van der Waals surface area contributed by atoms with E-state index in [-0.39, 0.29) is 12.6 Å². The van der Waals surface area contributed by atoms with Crippen LogP contribution in [0.1, 0.15) is 29.5 Å². The number of Topliss-reactive ketones (excluding diaryl/α,β-unsaturated/α-hetero) is 1. The van der Waals surface area contributed by atoms with E-state index >= 15 is 0 Å². The van der Waals surface area contributed by atoms with Gasteiger partial charge in [0.05, 0.1) is 26.7 Å². The molecule has 6 heteroatoms. The van der Waals surface area contributed by atoms with Gasteiger partial charge in [-0.1, -0.05) is 24.3 Å². The molecule has 0 spiro atoms. The van der Waals surface area contributed by atoms with Crippen LogP contribution < -0.4 is 23.7 Å². The number of rotatable bonds is 8. The Morgan fingerprint density at radius 1 is 0.824 bits per heavy atom. The molecule has 1 aliphatic heterocycles. The molecule has 6 nitrogen and oxygen atoms in total. The zero-order valence-electron chi connectivity index (χ0n) is 19.9. The van der Waals surface area contributed by atoms with E-state index in [0.717, 1.165) is 52.2 Å². The van der Waals surface area contributed by atoms with Gasteiger partial charge < -0.3 is 23.7 Å². The number of carbonyl (C=O) groups excluding carboxylic acids is 1. The summed E-state index contributed by atoms with van der Waals surface area (Å²) in [6, 6.07) is 15.7. The maximum Gasteiger partial charge on any atom is 0.231 e. The third kappa shape index (κ3) is 3.73. The van der Waals surface area contributed by atoms with Crippen LogP contribution >= 0.6 is 0 Å². The molecule has 34 heavy (non-hydrogen) atoms. The van der Waals surface area contributed by atoms with Gasteiger partial charge in [-0.25, -0.2) is 0 Å². The number of ether oxygens (including phenoxy) is 5. The largest absolute Gasteiger partial charge is 0.496 e. The standard InChI is InChI=1S/C28H28O6/c1-17-5-6-18(11-20(17)21-14-24(31-3)25(32-4)15-23(21)30-2)12-27(29)28(9-10-28)19-7-8-22-26(13-19)34-16-33-22/h5-8,11,13-15H,9-10,12,16H2,1-4H3. The molecule has 0 bridgehead atoms. The predicted octanol–water partition coefficient (Wildman–Crippen LogP) is 5.26. The SMILES string of the molecule is COc1cc(OC)c(-c2cc(CC(=O)C3(c4ccc5c(c4)OCO5)CC3)ccc2C)cc1OC. The van der Waals surface area contributed by atoms with E-state index in [0.29, 0.717) is 23.7 Å². The fourth-order valence-corrected chi connectivity index (χ4v) is 4.71. The van der Waals surface area contributed by atoms with E-state index in [1.165, 1.54) is 0 Å². The number of benzene rings is 3. The van der Waals surface area contributed by atoms with Gasteiger partial charge in [0.25, 0.3) is 0 Å². The second-order valence-electron chi connectivity index (χ2n) is 8.81. The third-order valence-corrected chi connectivity index (χ3v) is 6.87. The summed E-state index contributed by atoms with van der Waals surface area (Å²) in [5.41, 5.74) is 4.51. The number of hydrogen-bond acceptors (Lipinski definition) is 6. The first-order valence-corrected chi connectivity index (χ1v) is 11.3. The van der Waals surface area contributed by atoms with Crippen molar-refractivity contribution < 1.29 is 28.5 Å². The van der Waals surface area contributed by atoms with Gasteiger partial charge in [0, 0.05) is 18.1 Å². The molecule has 176 valence electrons. The molecule has 0 unspecified atom stereocenters. The average molecular weight is 461 g/mol. The Kier molecular flexibility index (Phi) is 5.60. The quantitative estimate of drug-likeness (QED) is 0.457. The number of aryl methyl sites for hydroxylation is 1. The van der Waals surface area contributed by atoms with Gasteiger partial charge in [0.15, 0.2) is 23.0 Å². The highest BCUT2D eigenvalue weighted by atomic mass is 16.7. The second kappa shape index (κ2) is 8.60. The summed E-state index contributed by atoms with van der Waals surface area (Å²) >= 11 is 0. The van der Waals surface area contributed by atoms with Crippen LogP contribution in [0.4, 0.5) is 0 Å². The first-order valence-electron chi connectivity index (χ1n) is 11.3. The van der Waals surface area contributed by atoms with Gasteiger partial charge in [-0.15, -0.1) is 0 Å². The van der Waals surface area contributed by atoms with E-state index in [2.05, 4.69) is 6.07 Å². The minimum absolute atomic E-state index is 0.223. The molecule has 5 rings (SSSR count). The van der Waals surface area contributed by atoms with Gasteiger partial charge in [0.1, 0.15) is 11.5 Å². The molecule has 2 aliphatic rings. The van der Waals surface area contributed by atoms with Gasteiger partial charge in [0.2, 0.25) is 6.79 Å². The fourth-order valence-electron chi connectivity index (χ4n) is 4.71. The monoisotopic (exact) mass is 460 g/mol. The van der Waals surface area contributed by atoms with Crippen molar-refractivity contribution in [2.75, 3.05) is 28.1 Å². The molecule has 0 aromatic heterocycles. The van der Waals surface area contributed by atoms with E-state index in [1.807, 2.05) is 49.4 Å². The molecular formula is C28H28O6. The lowest BCUT2D eigenvalue weighted by Gasteiger charge is -2.18. The van der Waals surface area contributed by atoms with Gasteiger partial charge in [-0.3, -0.25) is 4.79 Å². The van der Waals surface area contributed by atoms with Gasteiger partial charge >= 0.3 is 0 Å². The van der Waals surface area contributed by atoms with Crippen molar-refractivity contribution in [1.29, 1.82) is 0 Å². The van der Waals surface area contributed by atoms with Crippen molar-refractivity contribution in [1.82, 2.24) is 0 Å². The van der Waals surface area contributed by atoms with Gasteiger partial charge in [-0.2, -0.15) is 0 Å². The summed E-state index contributed by atoms with van der Waals surface area (Å²) in [7, 11) is 4.85. The lowest BCUT2D eigenvalue weighted by atomic mass is 9.86. The minimum atomic E-state index is -0.437. The molecule has 1 saturated carbocycles. The summed E-state index contributed by atoms with van der Waals surface area (Å²) in [5.74, 6) is 3.59. The molecule has 3 aromatic rings. The zero-order chi connectivity index (χ0) is 23.9. The number of carbonyl (C=O) groups is 1. The van der Waals surface area contributed by atoms with Crippen LogP contribution in [-0.4, -0.2) is 33.9 Å². The predicted molar refractivity (Wildman–Crippen MR) is 128 cm³/mol. The van der Waals surface area contributed by atoms with Crippen LogP contribution in [0.5, 0.6) is 28.7 Å². The number of fused-ring (bicyclic) bond motifs is 1. The molecule has 0 saturated heterocycles. The molecule has 1 fully saturated rings. The summed E-state index contributed by atoms with van der Waals surface area (Å²) in [4.78, 5) is 13.5. The Morgan fingerprint density at radius 2 is 1.53 bits per heavy atom. The highest BCUT2D eigenvalue weighted by molar-refractivity contribution is 5.95.